The van der Waals surface area contributed by atoms with Gasteiger partial charge in [-0.05, 0) is 24.5 Å². The Hall–Kier alpha value is -0.780. The minimum absolute atomic E-state index is 0. The van der Waals surface area contributed by atoms with E-state index >= 15 is 0 Å². The molecule has 0 unspecified atom stereocenters. The van der Waals surface area contributed by atoms with Crippen molar-refractivity contribution in [2.24, 2.45) is 0 Å². The van der Waals surface area contributed by atoms with Gasteiger partial charge in [-0.3, -0.25) is 0 Å². The van der Waals surface area contributed by atoms with E-state index in [9.17, 15) is 0 Å². The third-order valence-electron chi connectivity index (χ3n) is 1.64. The molecule has 11 heavy (non-hydrogen) atoms. The zero-order chi connectivity index (χ0) is 6.69. The smallest absolute Gasteiger partial charge is 0.0305 e. The summed E-state index contributed by atoms with van der Waals surface area (Å²) in [6.45, 7) is 4.33. The van der Waals surface area contributed by atoms with E-state index in [4.69, 9.17) is 0 Å². The van der Waals surface area contributed by atoms with Gasteiger partial charge in [0.15, 0.2) is 0 Å². The first-order valence-electron chi connectivity index (χ1n) is 3.39. The molecule has 0 aliphatic heterocycles. The average molecular weight is 152 g/mol. The second-order valence-corrected chi connectivity index (χ2v) is 2.28. The minimum atomic E-state index is 0. The van der Waals surface area contributed by atoms with Crippen LogP contribution in [-0.2, 0) is 6.42 Å². The highest BCUT2D eigenvalue weighted by Gasteiger charge is 1.89. The highest BCUT2D eigenvalue weighted by Crippen LogP contribution is 2.06. The van der Waals surface area contributed by atoms with Crippen LogP contribution in [0.1, 0.15) is 32.9 Å². The third-order valence-corrected chi connectivity index (χ3v) is 1.64. The first kappa shape index (κ1) is 12.9. The molecule has 0 aliphatic rings. The van der Waals surface area contributed by atoms with Crippen molar-refractivity contribution >= 4 is 0 Å². The van der Waals surface area contributed by atoms with E-state index in [0.717, 1.165) is 6.42 Å². The first-order chi connectivity index (χ1) is 4.34. The van der Waals surface area contributed by atoms with Crippen LogP contribution in [0.4, 0.5) is 0 Å². The summed E-state index contributed by atoms with van der Waals surface area (Å²) in [4.78, 5) is 0. The van der Waals surface area contributed by atoms with Gasteiger partial charge in [0.2, 0.25) is 0 Å². The summed E-state index contributed by atoms with van der Waals surface area (Å²) >= 11 is 0. The normalized spacial score (nSPS) is 7.82. The van der Waals surface area contributed by atoms with Crippen molar-refractivity contribution in [3.8, 4) is 0 Å². The Morgan fingerprint density at radius 1 is 1.09 bits per heavy atom. The standard InChI is InChI=1S/C9H12.2CH4/c1-3-9-7-5-4-6-8(9)2;;/h4-7H,3H2,1-2H3;2*1H4. The Labute approximate surface area is 71.3 Å². The van der Waals surface area contributed by atoms with Gasteiger partial charge in [0.05, 0.1) is 0 Å². The van der Waals surface area contributed by atoms with E-state index in [-0.39, 0.29) is 14.9 Å². The molecule has 1 rings (SSSR count). The lowest BCUT2D eigenvalue weighted by Gasteiger charge is -1.98. The molecule has 0 aromatic heterocycles. The van der Waals surface area contributed by atoms with Gasteiger partial charge in [0.25, 0.3) is 0 Å². The number of hydrogen-bond donors (Lipinski definition) is 0. The fourth-order valence-corrected chi connectivity index (χ4v) is 1.01. The summed E-state index contributed by atoms with van der Waals surface area (Å²) in [7, 11) is 0. The fraction of sp³-hybridized carbons (Fsp3) is 0.455. The Morgan fingerprint density at radius 2 is 1.64 bits per heavy atom. The fourth-order valence-electron chi connectivity index (χ4n) is 1.01. The molecule has 0 saturated heterocycles. The van der Waals surface area contributed by atoms with Gasteiger partial charge in [-0.1, -0.05) is 46.0 Å². The second-order valence-electron chi connectivity index (χ2n) is 2.28. The first-order valence-corrected chi connectivity index (χ1v) is 3.39. The molecule has 0 spiro atoms. The van der Waals surface area contributed by atoms with Gasteiger partial charge in [-0.2, -0.15) is 0 Å². The second kappa shape index (κ2) is 5.96. The van der Waals surface area contributed by atoms with Crippen LogP contribution in [0.2, 0.25) is 0 Å². The summed E-state index contributed by atoms with van der Waals surface area (Å²) in [5.74, 6) is 0. The van der Waals surface area contributed by atoms with E-state index in [2.05, 4.69) is 38.1 Å². The van der Waals surface area contributed by atoms with Crippen LogP contribution in [0.25, 0.3) is 0 Å². The number of rotatable bonds is 1. The average Bonchev–Trinajstić information content (AvgIpc) is 1.89. The van der Waals surface area contributed by atoms with Gasteiger partial charge >= 0.3 is 0 Å². The highest BCUT2D eigenvalue weighted by molar-refractivity contribution is 5.24. The van der Waals surface area contributed by atoms with Crippen LogP contribution in [0.15, 0.2) is 24.3 Å². The molecule has 0 aliphatic carbocycles. The summed E-state index contributed by atoms with van der Waals surface area (Å²) in [6.07, 6.45) is 1.15. The SMILES string of the molecule is C.C.CCc1ccccc1C. The van der Waals surface area contributed by atoms with Gasteiger partial charge in [-0.25, -0.2) is 0 Å². The van der Waals surface area contributed by atoms with E-state index < -0.39 is 0 Å². The molecule has 0 atom stereocenters. The van der Waals surface area contributed by atoms with E-state index in [1.807, 2.05) is 0 Å². The maximum absolute atomic E-state index is 2.18. The van der Waals surface area contributed by atoms with E-state index in [1.54, 1.807) is 0 Å². The summed E-state index contributed by atoms with van der Waals surface area (Å²) < 4.78 is 0. The zero-order valence-electron chi connectivity index (χ0n) is 6.02. The van der Waals surface area contributed by atoms with Gasteiger partial charge < -0.3 is 0 Å². The summed E-state index contributed by atoms with van der Waals surface area (Å²) in [5.41, 5.74) is 2.86. The van der Waals surface area contributed by atoms with Crippen molar-refractivity contribution in [1.29, 1.82) is 0 Å². The molecule has 0 radical (unpaired) electrons. The minimum Gasteiger partial charge on any atom is -0.0776 e. The number of benzene rings is 1. The van der Waals surface area contributed by atoms with Crippen molar-refractivity contribution < 1.29 is 0 Å². The molecular formula is C11H20. The molecule has 1 aromatic carbocycles. The Morgan fingerprint density at radius 3 is 2.00 bits per heavy atom. The summed E-state index contributed by atoms with van der Waals surface area (Å²) in [5, 5.41) is 0. The molecule has 0 fully saturated rings. The molecule has 1 aromatic rings. The van der Waals surface area contributed by atoms with E-state index in [1.165, 1.54) is 11.1 Å². The van der Waals surface area contributed by atoms with Crippen LogP contribution in [0.3, 0.4) is 0 Å². The Balaban J connectivity index is 0. The van der Waals surface area contributed by atoms with Crippen molar-refractivity contribution in [3.63, 3.8) is 0 Å². The molecule has 0 nitrogen and oxygen atoms in total. The van der Waals surface area contributed by atoms with Crippen LogP contribution in [-0.4, -0.2) is 0 Å². The van der Waals surface area contributed by atoms with Crippen LogP contribution in [0.5, 0.6) is 0 Å². The predicted octanol–water partition coefficient (Wildman–Crippen LogP) is 3.83. The topological polar surface area (TPSA) is 0 Å². The molecule has 0 bridgehead atoms. The molecule has 64 valence electrons. The van der Waals surface area contributed by atoms with Crippen molar-refractivity contribution in [2.75, 3.05) is 0 Å². The lowest BCUT2D eigenvalue weighted by atomic mass is 10.1. The van der Waals surface area contributed by atoms with Crippen molar-refractivity contribution in [1.82, 2.24) is 0 Å². The molecule has 0 amide bonds. The van der Waals surface area contributed by atoms with Gasteiger partial charge in [0, 0.05) is 0 Å². The molecule has 0 heteroatoms. The number of aryl methyl sites for hydroxylation is 2. The highest BCUT2D eigenvalue weighted by atomic mass is 13.9. The molecule has 0 N–H and O–H groups in total. The molecular weight excluding hydrogens is 132 g/mol. The Bertz CT molecular complexity index is 189. The largest absolute Gasteiger partial charge is 0.0776 e. The quantitative estimate of drug-likeness (QED) is 0.573. The maximum atomic E-state index is 2.18. The Kier molecular flexibility index (Phi) is 6.97. The zero-order valence-corrected chi connectivity index (χ0v) is 6.02. The molecule has 0 saturated carbocycles. The lowest BCUT2D eigenvalue weighted by Crippen LogP contribution is -1.82. The maximum Gasteiger partial charge on any atom is -0.0305 e. The van der Waals surface area contributed by atoms with Crippen LogP contribution in [0, 0.1) is 6.92 Å². The van der Waals surface area contributed by atoms with Gasteiger partial charge in [0.1, 0.15) is 0 Å². The third kappa shape index (κ3) is 3.22. The molecule has 0 heterocycles. The summed E-state index contributed by atoms with van der Waals surface area (Å²) in [6, 6.07) is 8.49. The number of hydrogen-bond acceptors (Lipinski definition) is 0. The van der Waals surface area contributed by atoms with Crippen LogP contribution < -0.4 is 0 Å². The monoisotopic (exact) mass is 152 g/mol. The van der Waals surface area contributed by atoms with E-state index in [0.29, 0.717) is 0 Å². The lowest BCUT2D eigenvalue weighted by molar-refractivity contribution is 1.11. The van der Waals surface area contributed by atoms with Crippen molar-refractivity contribution in [3.05, 3.63) is 35.4 Å². The van der Waals surface area contributed by atoms with Crippen LogP contribution >= 0.6 is 0 Å². The predicted molar refractivity (Wildman–Crippen MR) is 54.0 cm³/mol. The van der Waals surface area contributed by atoms with Crippen molar-refractivity contribution in [2.45, 2.75) is 35.1 Å². The van der Waals surface area contributed by atoms with Gasteiger partial charge in [-0.15, -0.1) is 0 Å².